The second kappa shape index (κ2) is 8.22. The Labute approximate surface area is 128 Å². The first-order chi connectivity index (χ1) is 9.85. The van der Waals surface area contributed by atoms with Gasteiger partial charge in [0.15, 0.2) is 0 Å². The van der Waals surface area contributed by atoms with Crippen molar-refractivity contribution in [1.82, 2.24) is 20.4 Å². The highest BCUT2D eigenvalue weighted by Gasteiger charge is 2.27. The lowest BCUT2D eigenvalue weighted by molar-refractivity contribution is -0.123. The van der Waals surface area contributed by atoms with E-state index in [0.717, 1.165) is 32.4 Å². The number of likely N-dealkylation sites (tertiary alicyclic amines) is 1. The van der Waals surface area contributed by atoms with E-state index in [1.54, 1.807) is 26.0 Å². The summed E-state index contributed by atoms with van der Waals surface area (Å²) in [6.45, 7) is 5.74. The van der Waals surface area contributed by atoms with E-state index in [1.807, 2.05) is 4.90 Å². The summed E-state index contributed by atoms with van der Waals surface area (Å²) in [6.07, 6.45) is 2.62. The summed E-state index contributed by atoms with van der Waals surface area (Å²) >= 11 is 0. The Kier molecular flexibility index (Phi) is 6.95. The van der Waals surface area contributed by atoms with E-state index >= 15 is 0 Å². The Balaban J connectivity index is 2.49. The summed E-state index contributed by atoms with van der Waals surface area (Å²) in [5, 5.41) is 6.19. The minimum atomic E-state index is -0.142. The van der Waals surface area contributed by atoms with E-state index < -0.39 is 0 Å². The largest absolute Gasteiger partial charge is 0.358 e. The van der Waals surface area contributed by atoms with Gasteiger partial charge in [0.05, 0.1) is 6.04 Å². The lowest BCUT2D eigenvalue weighted by Crippen LogP contribution is -2.53. The van der Waals surface area contributed by atoms with Crippen molar-refractivity contribution in [3.63, 3.8) is 0 Å². The number of urea groups is 1. The SMILES string of the molecule is CNC(=O)C(CC(C)C)NC1CCN(C(=O)N(C)C)CC1. The smallest absolute Gasteiger partial charge is 0.319 e. The highest BCUT2D eigenvalue weighted by atomic mass is 16.2. The molecular weight excluding hydrogens is 268 g/mol. The van der Waals surface area contributed by atoms with Gasteiger partial charge in [0.25, 0.3) is 0 Å². The number of carbonyl (C=O) groups excluding carboxylic acids is 2. The van der Waals surface area contributed by atoms with Gasteiger partial charge in [0.1, 0.15) is 0 Å². The Morgan fingerprint density at radius 2 is 1.81 bits per heavy atom. The summed E-state index contributed by atoms with van der Waals surface area (Å²) in [5.41, 5.74) is 0. The number of carbonyl (C=O) groups is 2. The van der Waals surface area contributed by atoms with E-state index in [9.17, 15) is 9.59 Å². The Morgan fingerprint density at radius 1 is 1.24 bits per heavy atom. The monoisotopic (exact) mass is 298 g/mol. The van der Waals surface area contributed by atoms with Crippen LogP contribution in [0.25, 0.3) is 0 Å². The van der Waals surface area contributed by atoms with Crippen molar-refractivity contribution in [2.24, 2.45) is 5.92 Å². The molecule has 6 nitrogen and oxygen atoms in total. The predicted molar refractivity (Wildman–Crippen MR) is 84.1 cm³/mol. The topological polar surface area (TPSA) is 64.7 Å². The maximum atomic E-state index is 11.9. The molecule has 6 heteroatoms. The third-order valence-electron chi connectivity index (χ3n) is 3.85. The number of hydrogen-bond donors (Lipinski definition) is 2. The molecule has 21 heavy (non-hydrogen) atoms. The van der Waals surface area contributed by atoms with Gasteiger partial charge >= 0.3 is 6.03 Å². The first-order valence-corrected chi connectivity index (χ1v) is 7.79. The summed E-state index contributed by atoms with van der Waals surface area (Å²) in [5.74, 6) is 0.519. The molecule has 0 aromatic heterocycles. The predicted octanol–water partition coefficient (Wildman–Crippen LogP) is 0.883. The zero-order valence-corrected chi connectivity index (χ0v) is 14.0. The second-order valence-corrected chi connectivity index (χ2v) is 6.40. The van der Waals surface area contributed by atoms with Crippen molar-refractivity contribution in [3.05, 3.63) is 0 Å². The van der Waals surface area contributed by atoms with E-state index in [4.69, 9.17) is 0 Å². The van der Waals surface area contributed by atoms with Crippen molar-refractivity contribution < 1.29 is 9.59 Å². The fourth-order valence-electron chi connectivity index (χ4n) is 2.70. The van der Waals surface area contributed by atoms with Crippen LogP contribution >= 0.6 is 0 Å². The molecule has 1 unspecified atom stereocenters. The number of rotatable bonds is 5. The molecule has 1 aliphatic heterocycles. The maximum Gasteiger partial charge on any atom is 0.319 e. The number of amides is 3. The van der Waals surface area contributed by atoms with Crippen LogP contribution in [0.15, 0.2) is 0 Å². The molecule has 1 fully saturated rings. The van der Waals surface area contributed by atoms with Crippen molar-refractivity contribution in [2.45, 2.75) is 45.2 Å². The van der Waals surface area contributed by atoms with Crippen LogP contribution in [0.3, 0.4) is 0 Å². The van der Waals surface area contributed by atoms with Gasteiger partial charge in [-0.3, -0.25) is 4.79 Å². The Morgan fingerprint density at radius 3 is 2.24 bits per heavy atom. The van der Waals surface area contributed by atoms with Crippen LogP contribution in [0.2, 0.25) is 0 Å². The van der Waals surface area contributed by atoms with E-state index in [1.165, 1.54) is 0 Å². The number of hydrogen-bond acceptors (Lipinski definition) is 3. The molecule has 0 spiro atoms. The molecule has 122 valence electrons. The molecule has 0 aromatic rings. The molecule has 1 aliphatic rings. The van der Waals surface area contributed by atoms with Gasteiger partial charge in [-0.25, -0.2) is 4.79 Å². The fourth-order valence-corrected chi connectivity index (χ4v) is 2.70. The third-order valence-corrected chi connectivity index (χ3v) is 3.85. The molecule has 0 radical (unpaired) electrons. The molecule has 1 saturated heterocycles. The van der Waals surface area contributed by atoms with E-state index in [0.29, 0.717) is 12.0 Å². The van der Waals surface area contributed by atoms with E-state index in [-0.39, 0.29) is 18.0 Å². The molecule has 2 N–H and O–H groups in total. The molecule has 0 saturated carbocycles. The minimum absolute atomic E-state index is 0.0514. The fraction of sp³-hybridized carbons (Fsp3) is 0.867. The first-order valence-electron chi connectivity index (χ1n) is 7.79. The normalized spacial score (nSPS) is 17.7. The number of piperidine rings is 1. The van der Waals surface area contributed by atoms with Gasteiger partial charge in [0, 0.05) is 40.3 Å². The second-order valence-electron chi connectivity index (χ2n) is 6.40. The van der Waals surface area contributed by atoms with Gasteiger partial charge in [-0.05, 0) is 25.2 Å². The highest BCUT2D eigenvalue weighted by molar-refractivity contribution is 5.81. The average molecular weight is 298 g/mol. The molecule has 0 aliphatic carbocycles. The van der Waals surface area contributed by atoms with Crippen LogP contribution in [-0.2, 0) is 4.79 Å². The molecule has 1 heterocycles. The summed E-state index contributed by atoms with van der Waals surface area (Å²) < 4.78 is 0. The van der Waals surface area contributed by atoms with Crippen molar-refractivity contribution in [2.75, 3.05) is 34.2 Å². The molecular formula is C15H30N4O2. The lowest BCUT2D eigenvalue weighted by atomic mass is 9.99. The van der Waals surface area contributed by atoms with Gasteiger partial charge in [-0.1, -0.05) is 13.8 Å². The molecule has 3 amide bonds. The third kappa shape index (κ3) is 5.53. The van der Waals surface area contributed by atoms with Gasteiger partial charge < -0.3 is 20.4 Å². The van der Waals surface area contributed by atoms with Crippen LogP contribution in [0.4, 0.5) is 4.79 Å². The number of nitrogens with one attached hydrogen (secondary N) is 2. The zero-order valence-electron chi connectivity index (χ0n) is 14.0. The van der Waals surface area contributed by atoms with Crippen LogP contribution in [0.1, 0.15) is 33.1 Å². The van der Waals surface area contributed by atoms with Crippen molar-refractivity contribution >= 4 is 11.9 Å². The lowest BCUT2D eigenvalue weighted by Gasteiger charge is -2.35. The Bertz CT molecular complexity index is 350. The van der Waals surface area contributed by atoms with Crippen LogP contribution in [0.5, 0.6) is 0 Å². The van der Waals surface area contributed by atoms with Gasteiger partial charge in [-0.15, -0.1) is 0 Å². The molecule has 0 bridgehead atoms. The summed E-state index contributed by atoms with van der Waals surface area (Å²) in [4.78, 5) is 27.3. The van der Waals surface area contributed by atoms with Crippen LogP contribution < -0.4 is 10.6 Å². The van der Waals surface area contributed by atoms with Gasteiger partial charge in [0.2, 0.25) is 5.91 Å². The molecule has 1 rings (SSSR count). The molecule has 1 atom stereocenters. The maximum absolute atomic E-state index is 11.9. The zero-order chi connectivity index (χ0) is 16.0. The number of likely N-dealkylation sites (N-methyl/N-ethyl adjacent to an activating group) is 1. The highest BCUT2D eigenvalue weighted by Crippen LogP contribution is 2.14. The first kappa shape index (κ1) is 17.8. The Hall–Kier alpha value is -1.30. The summed E-state index contributed by atoms with van der Waals surface area (Å²) in [6, 6.07) is 0.229. The number of nitrogens with zero attached hydrogens (tertiary/aromatic N) is 2. The quantitative estimate of drug-likeness (QED) is 0.792. The molecule has 0 aromatic carbocycles. The minimum Gasteiger partial charge on any atom is -0.358 e. The summed E-state index contributed by atoms with van der Waals surface area (Å²) in [7, 11) is 5.23. The average Bonchev–Trinajstić information content (AvgIpc) is 2.45. The van der Waals surface area contributed by atoms with E-state index in [2.05, 4.69) is 24.5 Å². The van der Waals surface area contributed by atoms with Crippen molar-refractivity contribution in [1.29, 1.82) is 0 Å². The standard InChI is InChI=1S/C15H30N4O2/c1-11(2)10-13(14(20)16-3)17-12-6-8-19(9-7-12)15(21)18(4)5/h11-13,17H,6-10H2,1-5H3,(H,16,20). The van der Waals surface area contributed by atoms with Crippen LogP contribution in [0, 0.1) is 5.92 Å². The van der Waals surface area contributed by atoms with Gasteiger partial charge in [-0.2, -0.15) is 0 Å². The van der Waals surface area contributed by atoms with Crippen molar-refractivity contribution in [3.8, 4) is 0 Å². The van der Waals surface area contributed by atoms with Crippen LogP contribution in [-0.4, -0.2) is 68.1 Å².